The normalized spacial score (nSPS) is 13.8. The molecule has 17 heavy (non-hydrogen) atoms. The van der Waals surface area contributed by atoms with Crippen molar-refractivity contribution in [2.75, 3.05) is 13.6 Å². The van der Waals surface area contributed by atoms with E-state index in [0.29, 0.717) is 12.2 Å². The molecule has 1 aliphatic rings. The molecule has 0 aromatic rings. The highest BCUT2D eigenvalue weighted by atomic mass is 16.2. The largest absolute Gasteiger partial charge is 0.386 e. The molecule has 3 N–H and O–H groups in total. The summed E-state index contributed by atoms with van der Waals surface area (Å²) in [5.74, 6) is -0.279. The van der Waals surface area contributed by atoms with Crippen molar-refractivity contribution < 1.29 is 4.79 Å². The van der Waals surface area contributed by atoms with E-state index in [9.17, 15) is 4.79 Å². The van der Waals surface area contributed by atoms with Gasteiger partial charge in [0.05, 0.1) is 5.70 Å². The minimum absolute atomic E-state index is 0.256. The Morgan fingerprint density at radius 3 is 2.29 bits per heavy atom. The summed E-state index contributed by atoms with van der Waals surface area (Å²) in [6, 6.07) is 0.256. The average Bonchev–Trinajstić information content (AvgIpc) is 2.59. The summed E-state index contributed by atoms with van der Waals surface area (Å²) in [4.78, 5) is 16.1. The molecule has 0 unspecified atom stereocenters. The monoisotopic (exact) mass is 238 g/mol. The predicted molar refractivity (Wildman–Crippen MR) is 73.8 cm³/mol. The molecule has 1 aliphatic heterocycles. The van der Waals surface area contributed by atoms with Crippen LogP contribution in [-0.4, -0.2) is 45.1 Å². The first-order valence-corrected chi connectivity index (χ1v) is 5.67. The zero-order chi connectivity index (χ0) is 14.0. The molecule has 0 saturated carbocycles. The lowest BCUT2D eigenvalue weighted by molar-refractivity contribution is -0.121. The van der Waals surface area contributed by atoms with Gasteiger partial charge in [0.15, 0.2) is 0 Å². The van der Waals surface area contributed by atoms with E-state index in [-0.39, 0.29) is 11.9 Å². The Kier molecular flexibility index (Phi) is 10.5. The first-order chi connectivity index (χ1) is 8.06. The van der Waals surface area contributed by atoms with Gasteiger partial charge in [0.2, 0.25) is 7.98 Å². The number of nitrogens with zero attached hydrogens (tertiary/aromatic N) is 2. The number of nitrogens with two attached hydrogens (primary N) is 1. The van der Waals surface area contributed by atoms with Gasteiger partial charge in [-0.1, -0.05) is 13.8 Å². The number of aliphatic imine (C=N–C) groups is 1. The third kappa shape index (κ3) is 5.54. The van der Waals surface area contributed by atoms with Gasteiger partial charge in [-0.05, 0) is 27.6 Å². The van der Waals surface area contributed by atoms with Gasteiger partial charge in [0, 0.05) is 12.6 Å². The predicted octanol–water partition coefficient (Wildman–Crippen LogP) is 0.423. The third-order valence-corrected chi connectivity index (χ3v) is 1.70. The zero-order valence-corrected chi connectivity index (χ0v) is 11.4. The maximum absolute atomic E-state index is 11.3. The molecular formula is C11H23BN4O. The molecular weight excluding hydrogens is 215 g/mol. The average molecular weight is 238 g/mol. The van der Waals surface area contributed by atoms with Gasteiger partial charge in [-0.15, -0.1) is 0 Å². The summed E-state index contributed by atoms with van der Waals surface area (Å²) in [7, 11) is 6.92. The van der Waals surface area contributed by atoms with Crippen LogP contribution >= 0.6 is 0 Å². The van der Waals surface area contributed by atoms with Crippen LogP contribution in [0.4, 0.5) is 0 Å². The molecule has 0 aromatic carbocycles. The van der Waals surface area contributed by atoms with Crippen LogP contribution in [0.25, 0.3) is 0 Å². The van der Waals surface area contributed by atoms with Crippen molar-refractivity contribution in [1.29, 1.82) is 0 Å². The van der Waals surface area contributed by atoms with Crippen LogP contribution < -0.4 is 11.1 Å². The van der Waals surface area contributed by atoms with E-state index in [1.165, 1.54) is 7.05 Å². The Morgan fingerprint density at radius 2 is 1.94 bits per heavy atom. The van der Waals surface area contributed by atoms with Gasteiger partial charge in [0.1, 0.15) is 5.70 Å². The number of carbonyl (C=O) groups is 1. The first-order valence-electron chi connectivity index (χ1n) is 5.67. The van der Waals surface area contributed by atoms with Crippen LogP contribution in [-0.2, 0) is 4.79 Å². The molecule has 0 bridgehead atoms. The maximum Gasteiger partial charge on any atom is 0.261 e. The summed E-state index contributed by atoms with van der Waals surface area (Å²) in [6.07, 6.45) is 0. The molecule has 0 saturated heterocycles. The lowest BCUT2D eigenvalue weighted by Crippen LogP contribution is -2.27. The standard InChI is InChI=1S/C8H12BN3O.C2H6.CH5N/c1-5(2)11-6-4-12(9)8(13)7(6)10-3;2*1-2/h5,11H,3-4H2,1-2H3;1-2H3;2H2,1H3. The zero-order valence-electron chi connectivity index (χ0n) is 11.4. The molecule has 1 heterocycles. The second kappa shape index (κ2) is 9.90. The lowest BCUT2D eigenvalue weighted by atomic mass is 10.3. The molecule has 6 heteroatoms. The molecule has 0 spiro atoms. The van der Waals surface area contributed by atoms with Crippen molar-refractivity contribution in [2.24, 2.45) is 10.7 Å². The fourth-order valence-corrected chi connectivity index (χ4v) is 1.21. The van der Waals surface area contributed by atoms with E-state index in [4.69, 9.17) is 7.98 Å². The highest BCUT2D eigenvalue weighted by Crippen LogP contribution is 2.15. The minimum Gasteiger partial charge on any atom is -0.386 e. The molecule has 96 valence electrons. The maximum atomic E-state index is 11.3. The highest BCUT2D eigenvalue weighted by Gasteiger charge is 2.26. The first kappa shape index (κ1) is 18.1. The molecule has 1 rings (SSSR count). The van der Waals surface area contributed by atoms with Crippen molar-refractivity contribution in [3.05, 3.63) is 11.4 Å². The fraction of sp³-hybridized carbons (Fsp3) is 0.636. The van der Waals surface area contributed by atoms with Crippen molar-refractivity contribution in [3.63, 3.8) is 0 Å². The Balaban J connectivity index is 0. The van der Waals surface area contributed by atoms with E-state index in [0.717, 1.165) is 10.5 Å². The van der Waals surface area contributed by atoms with Crippen LogP contribution in [0.1, 0.15) is 27.7 Å². The van der Waals surface area contributed by atoms with Crippen molar-refractivity contribution in [1.82, 2.24) is 10.1 Å². The summed E-state index contributed by atoms with van der Waals surface area (Å²) < 4.78 is 0. The number of rotatable bonds is 3. The Labute approximate surface area is 106 Å². The third-order valence-electron chi connectivity index (χ3n) is 1.70. The second-order valence-corrected chi connectivity index (χ2v) is 3.22. The number of amides is 1. The van der Waals surface area contributed by atoms with Crippen LogP contribution in [0.3, 0.4) is 0 Å². The van der Waals surface area contributed by atoms with Gasteiger partial charge < -0.3 is 15.9 Å². The number of hydrogen-bond acceptors (Lipinski definition) is 4. The van der Waals surface area contributed by atoms with Crippen molar-refractivity contribution >= 4 is 20.6 Å². The van der Waals surface area contributed by atoms with Crippen LogP contribution in [0, 0.1) is 0 Å². The van der Waals surface area contributed by atoms with Crippen LogP contribution in [0.5, 0.6) is 0 Å². The van der Waals surface area contributed by atoms with Crippen molar-refractivity contribution in [2.45, 2.75) is 33.7 Å². The number of nitrogens with one attached hydrogen (secondary N) is 1. The number of hydrogen-bond donors (Lipinski definition) is 2. The molecule has 1 amide bonds. The topological polar surface area (TPSA) is 70.7 Å². The molecule has 5 nitrogen and oxygen atoms in total. The summed E-state index contributed by atoms with van der Waals surface area (Å²) >= 11 is 0. The van der Waals surface area contributed by atoms with E-state index < -0.39 is 0 Å². The summed E-state index contributed by atoms with van der Waals surface area (Å²) in [5.41, 5.74) is 5.58. The molecule has 0 aliphatic carbocycles. The van der Waals surface area contributed by atoms with E-state index in [2.05, 4.69) is 22.8 Å². The Morgan fingerprint density at radius 1 is 1.47 bits per heavy atom. The van der Waals surface area contributed by atoms with Crippen LogP contribution in [0.2, 0.25) is 0 Å². The van der Waals surface area contributed by atoms with Gasteiger partial charge in [-0.25, -0.2) is 0 Å². The molecule has 0 atom stereocenters. The van der Waals surface area contributed by atoms with Crippen LogP contribution in [0.15, 0.2) is 16.4 Å². The van der Waals surface area contributed by atoms with Gasteiger partial charge in [-0.3, -0.25) is 9.79 Å². The summed E-state index contributed by atoms with van der Waals surface area (Å²) in [5, 5.41) is 3.11. The Hall–Kier alpha value is -1.30. The van der Waals surface area contributed by atoms with Gasteiger partial charge in [0.25, 0.3) is 5.91 Å². The minimum atomic E-state index is -0.279. The molecule has 0 aromatic heterocycles. The SMILES string of the molecule is CC.CN.[B]N1CC(NC(C)C)=C(N=C)C1=O. The van der Waals surface area contributed by atoms with E-state index in [1.807, 2.05) is 27.7 Å². The van der Waals surface area contributed by atoms with Gasteiger partial charge >= 0.3 is 0 Å². The van der Waals surface area contributed by atoms with E-state index >= 15 is 0 Å². The quantitative estimate of drug-likeness (QED) is 0.553. The molecule has 2 radical (unpaired) electrons. The molecule has 0 fully saturated rings. The van der Waals surface area contributed by atoms with E-state index in [1.54, 1.807) is 0 Å². The fourth-order valence-electron chi connectivity index (χ4n) is 1.21. The summed E-state index contributed by atoms with van der Waals surface area (Å²) in [6.45, 7) is 11.7. The smallest absolute Gasteiger partial charge is 0.261 e. The second-order valence-electron chi connectivity index (χ2n) is 3.22. The lowest BCUT2D eigenvalue weighted by Gasteiger charge is -2.12. The van der Waals surface area contributed by atoms with Gasteiger partial charge in [-0.2, -0.15) is 0 Å². The highest BCUT2D eigenvalue weighted by molar-refractivity contribution is 6.19. The van der Waals surface area contributed by atoms with Crippen molar-refractivity contribution in [3.8, 4) is 0 Å². The number of carbonyl (C=O) groups excluding carboxylic acids is 1. The Bertz CT molecular complexity index is 277.